The molecule has 1 aromatic heterocycles. The summed E-state index contributed by atoms with van der Waals surface area (Å²) in [7, 11) is 0. The van der Waals surface area contributed by atoms with E-state index in [1.165, 1.54) is 0 Å². The molecule has 2 aromatic rings. The first-order valence-electron chi connectivity index (χ1n) is 6.45. The fraction of sp³-hybridized carbons (Fsp3) is 0.429. The van der Waals surface area contributed by atoms with Crippen LogP contribution in [-0.4, -0.2) is 28.7 Å². The van der Waals surface area contributed by atoms with Gasteiger partial charge in [0.05, 0.1) is 23.3 Å². The van der Waals surface area contributed by atoms with Gasteiger partial charge in [0.25, 0.3) is 0 Å². The van der Waals surface area contributed by atoms with Gasteiger partial charge in [-0.15, -0.1) is 0 Å². The molecule has 1 aromatic carbocycles. The van der Waals surface area contributed by atoms with Crippen LogP contribution in [0, 0.1) is 0 Å². The average Bonchev–Trinajstić information content (AvgIpc) is 2.36. The summed E-state index contributed by atoms with van der Waals surface area (Å²) < 4.78 is 5.54. The predicted molar refractivity (Wildman–Crippen MR) is 71.6 cm³/mol. The molecular weight excluding hydrogens is 226 g/mol. The maximum Gasteiger partial charge on any atom is 0.145 e. The highest BCUT2D eigenvalue weighted by Gasteiger charge is 2.29. The van der Waals surface area contributed by atoms with E-state index >= 15 is 0 Å². The molecule has 0 aliphatic heterocycles. The molecule has 0 unspecified atom stereocenters. The summed E-state index contributed by atoms with van der Waals surface area (Å²) in [6, 6.07) is 8.38. The first-order valence-corrected chi connectivity index (χ1v) is 6.45. The van der Waals surface area contributed by atoms with Crippen molar-refractivity contribution in [2.75, 3.05) is 11.9 Å². The molecule has 1 saturated carbocycles. The van der Waals surface area contributed by atoms with Gasteiger partial charge in [0, 0.05) is 12.6 Å². The number of rotatable bonds is 4. The number of nitrogens with one attached hydrogen (secondary N) is 1. The maximum atomic E-state index is 5.54. The van der Waals surface area contributed by atoms with E-state index in [2.05, 4.69) is 15.3 Å². The molecule has 1 aliphatic rings. The highest BCUT2D eigenvalue weighted by atomic mass is 16.5. The molecule has 1 N–H and O–H groups in total. The van der Waals surface area contributed by atoms with Crippen molar-refractivity contribution in [3.05, 3.63) is 30.5 Å². The van der Waals surface area contributed by atoms with Crippen LogP contribution in [0.2, 0.25) is 0 Å². The summed E-state index contributed by atoms with van der Waals surface area (Å²) in [6.45, 7) is 2.84. The number of fused-ring (bicyclic) bond motifs is 1. The number of ether oxygens (including phenoxy) is 1. The van der Waals surface area contributed by atoms with E-state index in [4.69, 9.17) is 4.74 Å². The number of nitrogens with zero attached hydrogens (tertiary/aromatic N) is 2. The van der Waals surface area contributed by atoms with E-state index in [0.29, 0.717) is 12.1 Å². The summed E-state index contributed by atoms with van der Waals surface area (Å²) >= 11 is 0. The molecule has 1 heterocycles. The largest absolute Gasteiger partial charge is 0.378 e. The SMILES string of the molecule is CCOC1CC(Nc2cnc3ccccc3n2)C1. The van der Waals surface area contributed by atoms with Crippen molar-refractivity contribution < 1.29 is 4.74 Å². The summed E-state index contributed by atoms with van der Waals surface area (Å²) in [4.78, 5) is 8.95. The molecule has 4 nitrogen and oxygen atoms in total. The summed E-state index contributed by atoms with van der Waals surface area (Å²) in [5, 5.41) is 3.41. The maximum absolute atomic E-state index is 5.54. The zero-order valence-electron chi connectivity index (χ0n) is 10.5. The van der Waals surface area contributed by atoms with Gasteiger partial charge < -0.3 is 10.1 Å². The van der Waals surface area contributed by atoms with Crippen molar-refractivity contribution in [2.24, 2.45) is 0 Å². The van der Waals surface area contributed by atoms with Crippen LogP contribution in [0.25, 0.3) is 11.0 Å². The van der Waals surface area contributed by atoms with Crippen molar-refractivity contribution in [1.82, 2.24) is 9.97 Å². The van der Waals surface area contributed by atoms with Crippen molar-refractivity contribution in [3.63, 3.8) is 0 Å². The van der Waals surface area contributed by atoms with Crippen LogP contribution >= 0.6 is 0 Å². The Morgan fingerprint density at radius 2 is 2.06 bits per heavy atom. The standard InChI is InChI=1S/C14H17N3O/c1-2-18-11-7-10(8-11)16-14-9-15-12-5-3-4-6-13(12)17-14/h3-6,9-11H,2,7-8H2,1H3,(H,16,17). The molecule has 0 radical (unpaired) electrons. The highest BCUT2D eigenvalue weighted by Crippen LogP contribution is 2.26. The molecule has 0 spiro atoms. The molecule has 3 rings (SSSR count). The molecule has 0 atom stereocenters. The Morgan fingerprint density at radius 3 is 2.83 bits per heavy atom. The van der Waals surface area contributed by atoms with Crippen molar-refractivity contribution in [3.8, 4) is 0 Å². The van der Waals surface area contributed by atoms with Crippen LogP contribution in [0.1, 0.15) is 19.8 Å². The van der Waals surface area contributed by atoms with Gasteiger partial charge in [0.15, 0.2) is 0 Å². The number of hydrogen-bond acceptors (Lipinski definition) is 4. The number of hydrogen-bond donors (Lipinski definition) is 1. The Kier molecular flexibility index (Phi) is 3.11. The smallest absolute Gasteiger partial charge is 0.145 e. The second-order valence-electron chi connectivity index (χ2n) is 4.63. The molecule has 18 heavy (non-hydrogen) atoms. The Hall–Kier alpha value is -1.68. The van der Waals surface area contributed by atoms with Crippen LogP contribution in [0.4, 0.5) is 5.82 Å². The predicted octanol–water partition coefficient (Wildman–Crippen LogP) is 2.61. The minimum Gasteiger partial charge on any atom is -0.378 e. The fourth-order valence-corrected chi connectivity index (χ4v) is 2.29. The van der Waals surface area contributed by atoms with Crippen molar-refractivity contribution in [2.45, 2.75) is 31.9 Å². The third kappa shape index (κ3) is 2.29. The monoisotopic (exact) mass is 243 g/mol. The van der Waals surface area contributed by atoms with E-state index in [1.807, 2.05) is 31.2 Å². The Bertz CT molecular complexity index is 537. The Labute approximate surface area is 106 Å². The average molecular weight is 243 g/mol. The van der Waals surface area contributed by atoms with Gasteiger partial charge in [0.2, 0.25) is 0 Å². The molecule has 0 saturated heterocycles. The van der Waals surface area contributed by atoms with Crippen LogP contribution < -0.4 is 5.32 Å². The van der Waals surface area contributed by atoms with Gasteiger partial charge in [-0.3, -0.25) is 4.98 Å². The normalized spacial score (nSPS) is 22.7. The molecule has 1 fully saturated rings. The molecule has 4 heteroatoms. The van der Waals surface area contributed by atoms with Gasteiger partial charge in [-0.2, -0.15) is 0 Å². The van der Waals surface area contributed by atoms with Gasteiger partial charge in [-0.1, -0.05) is 12.1 Å². The molecule has 0 bridgehead atoms. The lowest BCUT2D eigenvalue weighted by Gasteiger charge is -2.35. The second-order valence-corrected chi connectivity index (χ2v) is 4.63. The molecule has 0 amide bonds. The van der Waals surface area contributed by atoms with Gasteiger partial charge in [-0.05, 0) is 31.9 Å². The van der Waals surface area contributed by atoms with Gasteiger partial charge in [-0.25, -0.2) is 4.98 Å². The first-order chi connectivity index (χ1) is 8.85. The Balaban J connectivity index is 1.65. The minimum absolute atomic E-state index is 0.418. The summed E-state index contributed by atoms with van der Waals surface area (Å²) in [5.74, 6) is 0.855. The third-order valence-corrected chi connectivity index (χ3v) is 3.30. The lowest BCUT2D eigenvalue weighted by molar-refractivity contribution is 0.00292. The summed E-state index contributed by atoms with van der Waals surface area (Å²) in [5.41, 5.74) is 1.87. The van der Waals surface area contributed by atoms with Crippen molar-refractivity contribution in [1.29, 1.82) is 0 Å². The number of aromatic nitrogens is 2. The molecule has 94 valence electrons. The quantitative estimate of drug-likeness (QED) is 0.896. The number of benzene rings is 1. The van der Waals surface area contributed by atoms with Gasteiger partial charge >= 0.3 is 0 Å². The number of anilines is 1. The third-order valence-electron chi connectivity index (χ3n) is 3.30. The van der Waals surface area contributed by atoms with E-state index in [1.54, 1.807) is 6.20 Å². The van der Waals surface area contributed by atoms with Crippen LogP contribution in [0.15, 0.2) is 30.5 Å². The van der Waals surface area contributed by atoms with E-state index in [0.717, 1.165) is 36.3 Å². The lowest BCUT2D eigenvalue weighted by atomic mass is 9.89. The summed E-state index contributed by atoms with van der Waals surface area (Å²) in [6.07, 6.45) is 4.34. The van der Waals surface area contributed by atoms with Crippen molar-refractivity contribution >= 4 is 16.9 Å². The van der Waals surface area contributed by atoms with Crippen LogP contribution in [0.3, 0.4) is 0 Å². The second kappa shape index (κ2) is 4.90. The highest BCUT2D eigenvalue weighted by molar-refractivity contribution is 5.75. The Morgan fingerprint density at radius 1 is 1.28 bits per heavy atom. The zero-order valence-corrected chi connectivity index (χ0v) is 10.5. The van der Waals surface area contributed by atoms with E-state index in [9.17, 15) is 0 Å². The first kappa shape index (κ1) is 11.4. The zero-order chi connectivity index (χ0) is 12.4. The molecular formula is C14H17N3O. The topological polar surface area (TPSA) is 47.0 Å². The fourth-order valence-electron chi connectivity index (χ4n) is 2.29. The van der Waals surface area contributed by atoms with Crippen LogP contribution in [0.5, 0.6) is 0 Å². The van der Waals surface area contributed by atoms with Crippen LogP contribution in [-0.2, 0) is 4.74 Å². The minimum atomic E-state index is 0.418. The van der Waals surface area contributed by atoms with E-state index < -0.39 is 0 Å². The van der Waals surface area contributed by atoms with Gasteiger partial charge in [0.1, 0.15) is 5.82 Å². The molecule has 1 aliphatic carbocycles. The number of para-hydroxylation sites is 2. The van der Waals surface area contributed by atoms with E-state index in [-0.39, 0.29) is 0 Å². The lowest BCUT2D eigenvalue weighted by Crippen LogP contribution is -2.41.